The normalized spacial score (nSPS) is 11.1. The van der Waals surface area contributed by atoms with Crippen molar-refractivity contribution < 1.29 is 0 Å². The highest BCUT2D eigenvalue weighted by Crippen LogP contribution is 2.26. The van der Waals surface area contributed by atoms with E-state index in [-0.39, 0.29) is 0 Å². The number of benzene rings is 2. The van der Waals surface area contributed by atoms with Gasteiger partial charge < -0.3 is 10.6 Å². The highest BCUT2D eigenvalue weighted by molar-refractivity contribution is 9.10. The number of aromatic amines is 2. The lowest BCUT2D eigenvalue weighted by Gasteiger charge is -2.10. The van der Waals surface area contributed by atoms with Crippen LogP contribution in [0.5, 0.6) is 0 Å². The monoisotopic (exact) mass is 422 g/mol. The molecule has 11 heteroatoms. The predicted molar refractivity (Wildman–Crippen MR) is 104 cm³/mol. The summed E-state index contributed by atoms with van der Waals surface area (Å²) in [5.41, 5.74) is 4.77. The maximum atomic E-state index is 4.53. The number of rotatable bonds is 4. The highest BCUT2D eigenvalue weighted by atomic mass is 79.9. The lowest BCUT2D eigenvalue weighted by Crippen LogP contribution is -2.01. The van der Waals surface area contributed by atoms with Gasteiger partial charge in [-0.05, 0) is 52.3 Å². The van der Waals surface area contributed by atoms with Gasteiger partial charge in [-0.3, -0.25) is 0 Å². The van der Waals surface area contributed by atoms with Crippen LogP contribution in [0.3, 0.4) is 0 Å². The zero-order chi connectivity index (χ0) is 18.2. The molecule has 4 N–H and O–H groups in total. The molecule has 27 heavy (non-hydrogen) atoms. The highest BCUT2D eigenvalue weighted by Gasteiger charge is 2.08. The number of hydrogen-bond acceptors (Lipinski definition) is 8. The van der Waals surface area contributed by atoms with Crippen LogP contribution in [0.2, 0.25) is 0 Å². The van der Waals surface area contributed by atoms with Crippen LogP contribution in [-0.4, -0.2) is 40.8 Å². The van der Waals surface area contributed by atoms with Crippen LogP contribution in [-0.2, 0) is 0 Å². The van der Waals surface area contributed by atoms with E-state index in [0.717, 1.165) is 37.9 Å². The molecule has 3 aromatic heterocycles. The molecule has 0 fully saturated rings. The lowest BCUT2D eigenvalue weighted by atomic mass is 10.2. The molecule has 0 spiro atoms. The third kappa shape index (κ3) is 3.04. The maximum Gasteiger partial charge on any atom is 0.229 e. The summed E-state index contributed by atoms with van der Waals surface area (Å²) in [7, 11) is 0. The quantitative estimate of drug-likeness (QED) is 0.346. The summed E-state index contributed by atoms with van der Waals surface area (Å²) in [6.07, 6.45) is 1.68. The van der Waals surface area contributed by atoms with Crippen molar-refractivity contribution >= 4 is 61.1 Å². The molecule has 0 amide bonds. The first-order valence-electron chi connectivity index (χ1n) is 7.92. The lowest BCUT2D eigenvalue weighted by molar-refractivity contribution is 0.959. The number of fused-ring (bicyclic) bond motifs is 2. The fourth-order valence-electron chi connectivity index (χ4n) is 2.62. The zero-order valence-electron chi connectivity index (χ0n) is 13.6. The van der Waals surface area contributed by atoms with Gasteiger partial charge in [0.2, 0.25) is 5.95 Å². The number of nitrogens with one attached hydrogen (secondary N) is 4. The summed E-state index contributed by atoms with van der Waals surface area (Å²) in [5.74, 6) is 1.07. The summed E-state index contributed by atoms with van der Waals surface area (Å²) >= 11 is 3.47. The van der Waals surface area contributed by atoms with Gasteiger partial charge >= 0.3 is 0 Å². The molecular formula is C16H11BrN10. The average molecular weight is 423 g/mol. The second kappa shape index (κ2) is 6.29. The van der Waals surface area contributed by atoms with Crippen molar-refractivity contribution in [1.29, 1.82) is 0 Å². The molecule has 2 aromatic carbocycles. The summed E-state index contributed by atoms with van der Waals surface area (Å²) < 4.78 is 0.736. The molecule has 132 valence electrons. The van der Waals surface area contributed by atoms with E-state index in [1.165, 1.54) is 0 Å². The topological polar surface area (TPSA) is 133 Å². The van der Waals surface area contributed by atoms with Crippen molar-refractivity contribution in [3.63, 3.8) is 0 Å². The number of halogens is 1. The molecule has 0 bridgehead atoms. The molecule has 0 atom stereocenters. The molecule has 0 radical (unpaired) electrons. The fraction of sp³-hybridized carbons (Fsp3) is 0. The van der Waals surface area contributed by atoms with Crippen molar-refractivity contribution in [1.82, 2.24) is 40.8 Å². The van der Waals surface area contributed by atoms with Crippen molar-refractivity contribution in [3.05, 3.63) is 47.1 Å². The van der Waals surface area contributed by atoms with Gasteiger partial charge in [0.05, 0.1) is 4.47 Å². The number of H-pyrrole nitrogens is 2. The van der Waals surface area contributed by atoms with Gasteiger partial charge in [-0.1, -0.05) is 0 Å². The molecular weight excluding hydrogens is 412 g/mol. The van der Waals surface area contributed by atoms with Gasteiger partial charge in [-0.2, -0.15) is 35.8 Å². The van der Waals surface area contributed by atoms with Gasteiger partial charge in [-0.25, -0.2) is 4.98 Å². The number of hydrogen-bond donors (Lipinski definition) is 4. The van der Waals surface area contributed by atoms with Crippen molar-refractivity contribution in [3.8, 4) is 0 Å². The van der Waals surface area contributed by atoms with E-state index in [0.29, 0.717) is 11.8 Å². The van der Waals surface area contributed by atoms with E-state index < -0.39 is 0 Å². The zero-order valence-corrected chi connectivity index (χ0v) is 15.2. The standard InChI is InChI=1S/C16H11BrN10/c17-10-7-18-16(20-9-2-4-12-14(6-9)25-27-23-12)21-15(10)19-8-1-3-11-13(5-8)24-26-22-11/h1-7H,(H,22,24,26)(H,23,25,27)(H2,18,19,20,21). The van der Waals surface area contributed by atoms with Crippen molar-refractivity contribution in [2.45, 2.75) is 0 Å². The van der Waals surface area contributed by atoms with E-state index in [1.807, 2.05) is 36.4 Å². The Bertz CT molecular complexity index is 1260. The Morgan fingerprint density at radius 1 is 0.741 bits per heavy atom. The van der Waals surface area contributed by atoms with Gasteiger partial charge in [0, 0.05) is 17.6 Å². The smallest absolute Gasteiger partial charge is 0.229 e. The van der Waals surface area contributed by atoms with Gasteiger partial charge in [0.25, 0.3) is 0 Å². The number of aromatic nitrogens is 8. The Morgan fingerprint density at radius 2 is 1.33 bits per heavy atom. The minimum absolute atomic E-state index is 0.450. The third-order valence-electron chi connectivity index (χ3n) is 3.90. The maximum absolute atomic E-state index is 4.53. The predicted octanol–water partition coefficient (Wildman–Crippen LogP) is 3.27. The van der Waals surface area contributed by atoms with Crippen LogP contribution in [0.25, 0.3) is 22.1 Å². The Balaban J connectivity index is 1.42. The Labute approximate surface area is 159 Å². The van der Waals surface area contributed by atoms with E-state index in [1.54, 1.807) is 6.20 Å². The second-order valence-electron chi connectivity index (χ2n) is 5.69. The van der Waals surface area contributed by atoms with Crippen LogP contribution < -0.4 is 10.6 Å². The first kappa shape index (κ1) is 15.6. The molecule has 0 aliphatic heterocycles. The molecule has 5 aromatic rings. The summed E-state index contributed by atoms with van der Waals surface area (Å²) in [6, 6.07) is 11.3. The first-order valence-corrected chi connectivity index (χ1v) is 8.71. The first-order chi connectivity index (χ1) is 13.2. The minimum Gasteiger partial charge on any atom is -0.339 e. The summed E-state index contributed by atoms with van der Waals surface area (Å²) in [6.45, 7) is 0. The summed E-state index contributed by atoms with van der Waals surface area (Å²) in [5, 5.41) is 27.9. The molecule has 0 saturated carbocycles. The van der Waals surface area contributed by atoms with Crippen molar-refractivity contribution in [2.75, 3.05) is 10.6 Å². The molecule has 3 heterocycles. The van der Waals surface area contributed by atoms with E-state index in [4.69, 9.17) is 0 Å². The molecule has 0 saturated heterocycles. The van der Waals surface area contributed by atoms with Crippen molar-refractivity contribution in [2.24, 2.45) is 0 Å². The van der Waals surface area contributed by atoms with Gasteiger partial charge in [0.1, 0.15) is 27.9 Å². The Morgan fingerprint density at radius 3 is 2.00 bits per heavy atom. The minimum atomic E-state index is 0.450. The van der Waals surface area contributed by atoms with Crippen LogP contribution in [0.1, 0.15) is 0 Å². The van der Waals surface area contributed by atoms with E-state index in [2.05, 4.69) is 67.4 Å². The molecule has 5 rings (SSSR count). The third-order valence-corrected chi connectivity index (χ3v) is 4.48. The van der Waals surface area contributed by atoms with E-state index >= 15 is 0 Å². The van der Waals surface area contributed by atoms with Crippen LogP contribution in [0, 0.1) is 0 Å². The molecule has 0 unspecified atom stereocenters. The van der Waals surface area contributed by atoms with Crippen LogP contribution in [0.4, 0.5) is 23.1 Å². The molecule has 10 nitrogen and oxygen atoms in total. The molecule has 0 aliphatic carbocycles. The SMILES string of the molecule is Brc1cnc(Nc2ccc3n[nH]nc3c2)nc1Nc1ccc2n[nH]nc2c1. The Kier molecular flexibility index (Phi) is 3.64. The van der Waals surface area contributed by atoms with Crippen LogP contribution in [0.15, 0.2) is 47.1 Å². The van der Waals surface area contributed by atoms with E-state index in [9.17, 15) is 0 Å². The fourth-order valence-corrected chi connectivity index (χ4v) is 2.91. The average Bonchev–Trinajstić information content (AvgIpc) is 3.32. The second-order valence-corrected chi connectivity index (χ2v) is 6.55. The number of nitrogens with zero attached hydrogens (tertiary/aromatic N) is 6. The summed E-state index contributed by atoms with van der Waals surface area (Å²) in [4.78, 5) is 8.84. The van der Waals surface area contributed by atoms with Crippen LogP contribution >= 0.6 is 15.9 Å². The van der Waals surface area contributed by atoms with Gasteiger partial charge in [-0.15, -0.1) is 0 Å². The van der Waals surface area contributed by atoms with Gasteiger partial charge in [0.15, 0.2) is 0 Å². The largest absolute Gasteiger partial charge is 0.339 e. The Hall–Kier alpha value is -3.60. The number of anilines is 4. The molecule has 0 aliphatic rings.